The molecule has 0 aliphatic carbocycles. The molecule has 0 spiro atoms. The van der Waals surface area contributed by atoms with Gasteiger partial charge in [-0.1, -0.05) is 17.3 Å². The fraction of sp³-hybridized carbons (Fsp3) is 0.471. The number of nitrogens with zero attached hydrogens (tertiary/aromatic N) is 2. The summed E-state index contributed by atoms with van der Waals surface area (Å²) in [7, 11) is 0. The average molecular weight is 332 g/mol. The Morgan fingerprint density at radius 1 is 1.25 bits per heavy atom. The number of fused-ring (bicyclic) bond motifs is 1. The van der Waals surface area contributed by atoms with Gasteiger partial charge in [0.25, 0.3) is 5.91 Å². The van der Waals surface area contributed by atoms with Crippen LogP contribution in [0.1, 0.15) is 19.5 Å². The zero-order valence-corrected chi connectivity index (χ0v) is 13.7. The van der Waals surface area contributed by atoms with E-state index in [4.69, 9.17) is 14.0 Å². The van der Waals surface area contributed by atoms with Crippen LogP contribution in [0, 0.1) is 0 Å². The third-order valence-corrected chi connectivity index (χ3v) is 3.89. The summed E-state index contributed by atoms with van der Waals surface area (Å²) >= 11 is 0. The van der Waals surface area contributed by atoms with Gasteiger partial charge in [0.05, 0.1) is 18.6 Å². The minimum atomic E-state index is -0.503. The van der Waals surface area contributed by atoms with Gasteiger partial charge < -0.3 is 18.9 Å². The maximum atomic E-state index is 12.2. The van der Waals surface area contributed by atoms with Crippen molar-refractivity contribution >= 4 is 22.8 Å². The van der Waals surface area contributed by atoms with Crippen molar-refractivity contribution in [1.82, 2.24) is 10.1 Å². The van der Waals surface area contributed by atoms with Crippen LogP contribution in [-0.4, -0.2) is 53.8 Å². The van der Waals surface area contributed by atoms with Crippen molar-refractivity contribution in [2.45, 2.75) is 32.5 Å². The molecule has 2 atom stereocenters. The van der Waals surface area contributed by atoms with Gasteiger partial charge in [-0.15, -0.1) is 0 Å². The van der Waals surface area contributed by atoms with E-state index in [1.807, 2.05) is 32.0 Å². The highest BCUT2D eigenvalue weighted by molar-refractivity contribution is 5.85. The van der Waals surface area contributed by atoms with Gasteiger partial charge >= 0.3 is 5.97 Å². The standard InChI is InChI=1S/C17H20N2O5/c1-11-8-19(9-12(2)23-11)16(20)10-22-17(21)7-14-13-5-3-4-6-15(13)24-18-14/h3-6,11-12H,7-10H2,1-2H3/t11-,12-/m0/s1. The highest BCUT2D eigenvalue weighted by atomic mass is 16.5. The number of esters is 1. The fourth-order valence-corrected chi connectivity index (χ4v) is 2.87. The van der Waals surface area contributed by atoms with E-state index in [2.05, 4.69) is 5.16 Å². The van der Waals surface area contributed by atoms with Crippen LogP contribution >= 0.6 is 0 Å². The van der Waals surface area contributed by atoms with Crippen molar-refractivity contribution in [3.63, 3.8) is 0 Å². The molecule has 1 aromatic carbocycles. The molecule has 7 nitrogen and oxygen atoms in total. The molecule has 1 aliphatic heterocycles. The van der Waals surface area contributed by atoms with Crippen LogP contribution in [0.15, 0.2) is 28.8 Å². The molecule has 0 radical (unpaired) electrons. The second-order valence-corrected chi connectivity index (χ2v) is 6.02. The molecule has 1 aliphatic rings. The van der Waals surface area contributed by atoms with Gasteiger partial charge in [0.1, 0.15) is 5.69 Å². The molecule has 0 bridgehead atoms. The summed E-state index contributed by atoms with van der Waals surface area (Å²) in [6.07, 6.45) is -0.0648. The summed E-state index contributed by atoms with van der Waals surface area (Å²) in [5.41, 5.74) is 1.13. The monoisotopic (exact) mass is 332 g/mol. The number of hydrogen-bond acceptors (Lipinski definition) is 6. The topological polar surface area (TPSA) is 81.9 Å². The molecule has 3 rings (SSSR count). The maximum absolute atomic E-state index is 12.2. The SMILES string of the molecule is C[C@H]1CN(C(=O)COC(=O)Cc2noc3ccccc23)C[C@H](C)O1. The first kappa shape index (κ1) is 16.4. The quantitative estimate of drug-likeness (QED) is 0.790. The molecular weight excluding hydrogens is 312 g/mol. The number of para-hydroxylation sites is 1. The molecule has 128 valence electrons. The molecule has 0 saturated carbocycles. The lowest BCUT2D eigenvalue weighted by molar-refractivity contribution is -0.156. The summed E-state index contributed by atoms with van der Waals surface area (Å²) in [6, 6.07) is 7.29. The first-order chi connectivity index (χ1) is 11.5. The molecule has 2 heterocycles. The Morgan fingerprint density at radius 2 is 1.96 bits per heavy atom. The van der Waals surface area contributed by atoms with Gasteiger partial charge in [-0.3, -0.25) is 9.59 Å². The number of ether oxygens (including phenoxy) is 2. The van der Waals surface area contributed by atoms with E-state index in [0.717, 1.165) is 5.39 Å². The lowest BCUT2D eigenvalue weighted by atomic mass is 10.2. The molecule has 0 unspecified atom stereocenters. The largest absolute Gasteiger partial charge is 0.455 e. The Balaban J connectivity index is 1.53. The van der Waals surface area contributed by atoms with Crippen LogP contribution in [0.4, 0.5) is 0 Å². The summed E-state index contributed by atoms with van der Waals surface area (Å²) in [4.78, 5) is 25.8. The van der Waals surface area contributed by atoms with Crippen molar-refractivity contribution in [3.8, 4) is 0 Å². The van der Waals surface area contributed by atoms with Gasteiger partial charge in [0.15, 0.2) is 12.2 Å². The number of aromatic nitrogens is 1. The van der Waals surface area contributed by atoms with E-state index in [-0.39, 0.29) is 31.1 Å². The molecule has 1 aromatic heterocycles. The van der Waals surface area contributed by atoms with Crippen molar-refractivity contribution in [2.24, 2.45) is 0 Å². The van der Waals surface area contributed by atoms with E-state index < -0.39 is 5.97 Å². The van der Waals surface area contributed by atoms with Crippen LogP contribution in [0.25, 0.3) is 11.0 Å². The predicted molar refractivity (Wildman–Crippen MR) is 85.3 cm³/mol. The first-order valence-electron chi connectivity index (χ1n) is 7.95. The van der Waals surface area contributed by atoms with Crippen molar-refractivity contribution in [2.75, 3.05) is 19.7 Å². The van der Waals surface area contributed by atoms with Gasteiger partial charge in [-0.05, 0) is 26.0 Å². The molecule has 24 heavy (non-hydrogen) atoms. The highest BCUT2D eigenvalue weighted by Crippen LogP contribution is 2.18. The summed E-state index contributed by atoms with van der Waals surface area (Å²) in [6.45, 7) is 4.58. The van der Waals surface area contributed by atoms with Gasteiger partial charge in [0.2, 0.25) is 0 Å². The van der Waals surface area contributed by atoms with E-state index >= 15 is 0 Å². The second-order valence-electron chi connectivity index (χ2n) is 6.02. The summed E-state index contributed by atoms with van der Waals surface area (Å²) in [5, 5.41) is 4.66. The predicted octanol–water partition coefficient (Wildman–Crippen LogP) is 1.55. The zero-order chi connectivity index (χ0) is 17.1. The van der Waals surface area contributed by atoms with Gasteiger partial charge in [0, 0.05) is 18.5 Å². The molecule has 1 saturated heterocycles. The molecule has 7 heteroatoms. The molecule has 0 N–H and O–H groups in total. The summed E-state index contributed by atoms with van der Waals surface area (Å²) < 4.78 is 15.8. The molecular formula is C17H20N2O5. The lowest BCUT2D eigenvalue weighted by Gasteiger charge is -2.35. The van der Waals surface area contributed by atoms with E-state index in [1.165, 1.54) is 0 Å². The Labute approximate surface area is 139 Å². The van der Waals surface area contributed by atoms with E-state index in [0.29, 0.717) is 24.4 Å². The summed E-state index contributed by atoms with van der Waals surface area (Å²) in [5.74, 6) is -0.716. The van der Waals surface area contributed by atoms with E-state index in [9.17, 15) is 9.59 Å². The number of amides is 1. The average Bonchev–Trinajstić information content (AvgIpc) is 2.95. The smallest absolute Gasteiger partial charge is 0.312 e. The number of carbonyl (C=O) groups is 2. The van der Waals surface area contributed by atoms with Crippen LogP contribution in [0.2, 0.25) is 0 Å². The number of benzene rings is 1. The van der Waals surface area contributed by atoms with Gasteiger partial charge in [-0.2, -0.15) is 0 Å². The third-order valence-electron chi connectivity index (χ3n) is 3.89. The maximum Gasteiger partial charge on any atom is 0.312 e. The number of morpholine rings is 1. The molecule has 2 aromatic rings. The van der Waals surface area contributed by atoms with Crippen LogP contribution < -0.4 is 0 Å². The van der Waals surface area contributed by atoms with Crippen molar-refractivity contribution < 1.29 is 23.6 Å². The second kappa shape index (κ2) is 7.00. The Kier molecular flexibility index (Phi) is 4.80. The highest BCUT2D eigenvalue weighted by Gasteiger charge is 2.26. The third kappa shape index (κ3) is 3.73. The molecule has 1 fully saturated rings. The van der Waals surface area contributed by atoms with Crippen LogP contribution in [0.5, 0.6) is 0 Å². The van der Waals surface area contributed by atoms with Crippen LogP contribution in [-0.2, 0) is 25.5 Å². The zero-order valence-electron chi connectivity index (χ0n) is 13.7. The van der Waals surface area contributed by atoms with Gasteiger partial charge in [-0.25, -0.2) is 0 Å². The van der Waals surface area contributed by atoms with E-state index in [1.54, 1.807) is 11.0 Å². The lowest BCUT2D eigenvalue weighted by Crippen LogP contribution is -2.49. The first-order valence-corrected chi connectivity index (χ1v) is 7.95. The Bertz CT molecular complexity index is 731. The number of rotatable bonds is 4. The normalized spacial score (nSPS) is 21.0. The number of hydrogen-bond donors (Lipinski definition) is 0. The Morgan fingerprint density at radius 3 is 2.71 bits per heavy atom. The fourth-order valence-electron chi connectivity index (χ4n) is 2.87. The Hall–Kier alpha value is -2.41. The minimum absolute atomic E-state index is 0.0186. The van der Waals surface area contributed by atoms with Crippen molar-refractivity contribution in [3.05, 3.63) is 30.0 Å². The van der Waals surface area contributed by atoms with Crippen LogP contribution in [0.3, 0.4) is 0 Å². The minimum Gasteiger partial charge on any atom is -0.455 e. The number of carbonyl (C=O) groups excluding carboxylic acids is 2. The van der Waals surface area contributed by atoms with Crippen molar-refractivity contribution in [1.29, 1.82) is 0 Å². The molecule has 1 amide bonds.